The van der Waals surface area contributed by atoms with E-state index in [-0.39, 0.29) is 16.5 Å². The quantitative estimate of drug-likeness (QED) is 0.582. The number of benzene rings is 2. The van der Waals surface area contributed by atoms with Gasteiger partial charge in [-0.2, -0.15) is 0 Å². The van der Waals surface area contributed by atoms with Crippen molar-refractivity contribution in [3.8, 4) is 0 Å². The van der Waals surface area contributed by atoms with Crippen molar-refractivity contribution < 1.29 is 21.6 Å². The van der Waals surface area contributed by atoms with Gasteiger partial charge in [0.1, 0.15) is 0 Å². The van der Waals surface area contributed by atoms with Crippen LogP contribution in [0.2, 0.25) is 0 Å². The molecule has 2 aromatic carbocycles. The van der Waals surface area contributed by atoms with E-state index in [0.717, 1.165) is 6.26 Å². The molecule has 0 radical (unpaired) electrons. The largest absolute Gasteiger partial charge is 0.345 e. The summed E-state index contributed by atoms with van der Waals surface area (Å²) in [6.07, 6.45) is 1.05. The highest BCUT2D eigenvalue weighted by atomic mass is 32.2. The highest BCUT2D eigenvalue weighted by Gasteiger charge is 2.19. The third-order valence-corrected chi connectivity index (χ3v) is 6.11. The lowest BCUT2D eigenvalue weighted by molar-refractivity contribution is 0.0940. The van der Waals surface area contributed by atoms with E-state index in [0.29, 0.717) is 11.3 Å². The van der Waals surface area contributed by atoms with Crippen molar-refractivity contribution >= 4 is 31.6 Å². The smallest absolute Gasteiger partial charge is 0.251 e. The number of nitrogens with one attached hydrogen (secondary N) is 3. The van der Waals surface area contributed by atoms with Gasteiger partial charge in [0.2, 0.25) is 20.0 Å². The summed E-state index contributed by atoms with van der Waals surface area (Å²) in [5.74, 6) is -0.478. The average Bonchev–Trinajstić information content (AvgIpc) is 2.59. The minimum Gasteiger partial charge on any atom is -0.345 e. The summed E-state index contributed by atoms with van der Waals surface area (Å²) >= 11 is 0. The van der Waals surface area contributed by atoms with Crippen LogP contribution in [-0.2, 0) is 20.0 Å². The molecular formula is C19H25N3O5S2. The molecule has 2 aromatic rings. The fourth-order valence-corrected chi connectivity index (χ4v) is 4.59. The molecule has 29 heavy (non-hydrogen) atoms. The summed E-state index contributed by atoms with van der Waals surface area (Å²) in [7, 11) is -7.21. The Bertz CT molecular complexity index is 1100. The van der Waals surface area contributed by atoms with Crippen molar-refractivity contribution in [1.82, 2.24) is 10.0 Å². The first-order valence-electron chi connectivity index (χ1n) is 8.89. The Balaban J connectivity index is 2.25. The second kappa shape index (κ2) is 8.93. The van der Waals surface area contributed by atoms with Gasteiger partial charge in [-0.3, -0.25) is 9.52 Å². The lowest BCUT2D eigenvalue weighted by Gasteiger charge is -2.18. The van der Waals surface area contributed by atoms with Crippen LogP contribution in [0.25, 0.3) is 0 Å². The Labute approximate surface area is 171 Å². The predicted molar refractivity (Wildman–Crippen MR) is 113 cm³/mol. The minimum atomic E-state index is -3.73. The van der Waals surface area contributed by atoms with Crippen LogP contribution in [-0.4, -0.2) is 35.0 Å². The number of sulfonamides is 2. The molecule has 158 valence electrons. The molecule has 8 nitrogen and oxygen atoms in total. The second-order valence-corrected chi connectivity index (χ2v) is 10.4. The van der Waals surface area contributed by atoms with E-state index in [1.165, 1.54) is 24.3 Å². The van der Waals surface area contributed by atoms with E-state index in [1.807, 2.05) is 0 Å². The van der Waals surface area contributed by atoms with Gasteiger partial charge in [-0.25, -0.2) is 21.6 Å². The molecule has 0 saturated carbocycles. The van der Waals surface area contributed by atoms with Crippen LogP contribution in [0.5, 0.6) is 0 Å². The normalized spacial score (nSPS) is 13.1. The molecule has 1 amide bonds. The van der Waals surface area contributed by atoms with Gasteiger partial charge < -0.3 is 5.32 Å². The average molecular weight is 440 g/mol. The molecular weight excluding hydrogens is 414 g/mol. The third-order valence-electron chi connectivity index (χ3n) is 3.87. The second-order valence-electron chi connectivity index (χ2n) is 6.96. The van der Waals surface area contributed by atoms with Gasteiger partial charge in [-0.1, -0.05) is 24.3 Å². The number of hydrogen-bond donors (Lipinski definition) is 3. The summed E-state index contributed by atoms with van der Waals surface area (Å²) in [5.41, 5.74) is 1.12. The fraction of sp³-hybridized carbons (Fsp3) is 0.316. The topological polar surface area (TPSA) is 121 Å². The molecule has 0 bridgehead atoms. The molecule has 1 atom stereocenters. The molecule has 0 fully saturated rings. The SMILES string of the molecule is CC(C)NS(=O)(=O)c1cccc(C(=O)N[C@@H](C)c2ccccc2NS(C)(=O)=O)c1. The number of anilines is 1. The summed E-state index contributed by atoms with van der Waals surface area (Å²) < 4.78 is 52.7. The minimum absolute atomic E-state index is 0.00866. The van der Waals surface area contributed by atoms with E-state index >= 15 is 0 Å². The maximum Gasteiger partial charge on any atom is 0.251 e. The number of carbonyl (C=O) groups is 1. The van der Waals surface area contributed by atoms with Crippen molar-refractivity contribution in [2.75, 3.05) is 11.0 Å². The number of rotatable bonds is 8. The first-order chi connectivity index (χ1) is 13.4. The fourth-order valence-electron chi connectivity index (χ4n) is 2.71. The summed E-state index contributed by atoms with van der Waals surface area (Å²) in [4.78, 5) is 12.7. The zero-order valence-electron chi connectivity index (χ0n) is 16.6. The van der Waals surface area contributed by atoms with E-state index in [9.17, 15) is 21.6 Å². The highest BCUT2D eigenvalue weighted by molar-refractivity contribution is 7.92. The maximum atomic E-state index is 12.7. The van der Waals surface area contributed by atoms with Gasteiger partial charge >= 0.3 is 0 Å². The first-order valence-corrected chi connectivity index (χ1v) is 12.3. The van der Waals surface area contributed by atoms with E-state index in [2.05, 4.69) is 14.8 Å². The Kier molecular flexibility index (Phi) is 7.04. The number of carbonyl (C=O) groups excluding carboxylic acids is 1. The van der Waals surface area contributed by atoms with E-state index in [4.69, 9.17) is 0 Å². The molecule has 0 aliphatic carbocycles. The molecule has 3 N–H and O–H groups in total. The molecule has 2 rings (SSSR count). The van der Waals surface area contributed by atoms with Crippen LogP contribution in [0.3, 0.4) is 0 Å². The lowest BCUT2D eigenvalue weighted by atomic mass is 10.1. The Hall–Kier alpha value is -2.43. The van der Waals surface area contributed by atoms with Crippen LogP contribution in [0.4, 0.5) is 5.69 Å². The van der Waals surface area contributed by atoms with Crippen molar-refractivity contribution in [2.45, 2.75) is 37.8 Å². The van der Waals surface area contributed by atoms with Crippen LogP contribution in [0, 0.1) is 0 Å². The molecule has 0 aliphatic heterocycles. The zero-order chi connectivity index (χ0) is 21.8. The van der Waals surface area contributed by atoms with Crippen LogP contribution >= 0.6 is 0 Å². The molecule has 0 saturated heterocycles. The summed E-state index contributed by atoms with van der Waals surface area (Å²) in [6.45, 7) is 5.12. The van der Waals surface area contributed by atoms with Gasteiger partial charge in [0, 0.05) is 11.6 Å². The highest BCUT2D eigenvalue weighted by Crippen LogP contribution is 2.24. The zero-order valence-corrected chi connectivity index (χ0v) is 18.3. The molecule has 0 unspecified atom stereocenters. The number of para-hydroxylation sites is 1. The monoisotopic (exact) mass is 439 g/mol. The Morgan fingerprint density at radius 2 is 1.59 bits per heavy atom. The van der Waals surface area contributed by atoms with Crippen molar-refractivity contribution in [3.63, 3.8) is 0 Å². The van der Waals surface area contributed by atoms with Crippen molar-refractivity contribution in [1.29, 1.82) is 0 Å². The Morgan fingerprint density at radius 3 is 2.21 bits per heavy atom. The Morgan fingerprint density at radius 1 is 0.931 bits per heavy atom. The molecule has 0 heterocycles. The van der Waals surface area contributed by atoms with Crippen molar-refractivity contribution in [3.05, 3.63) is 59.7 Å². The van der Waals surface area contributed by atoms with Gasteiger partial charge in [0.05, 0.1) is 22.9 Å². The number of amides is 1. The molecule has 10 heteroatoms. The predicted octanol–water partition coefficient (Wildman–Crippen LogP) is 2.24. The van der Waals surface area contributed by atoms with Crippen LogP contribution < -0.4 is 14.8 Å². The van der Waals surface area contributed by atoms with E-state index < -0.39 is 32.0 Å². The van der Waals surface area contributed by atoms with E-state index in [1.54, 1.807) is 45.0 Å². The van der Waals surface area contributed by atoms with Crippen LogP contribution in [0.15, 0.2) is 53.4 Å². The van der Waals surface area contributed by atoms with Crippen LogP contribution in [0.1, 0.15) is 42.7 Å². The molecule has 0 aromatic heterocycles. The summed E-state index contributed by atoms with van der Waals surface area (Å²) in [5, 5.41) is 2.77. The maximum absolute atomic E-state index is 12.7. The van der Waals surface area contributed by atoms with Gasteiger partial charge in [-0.05, 0) is 50.6 Å². The lowest BCUT2D eigenvalue weighted by Crippen LogP contribution is -2.31. The van der Waals surface area contributed by atoms with Gasteiger partial charge in [0.25, 0.3) is 5.91 Å². The first kappa shape index (κ1) is 22.9. The standard InChI is InChI=1S/C19H25N3O5S2/c1-13(2)21-29(26,27)16-9-7-8-15(12-16)19(23)20-14(3)17-10-5-6-11-18(17)22-28(4,24)25/h5-14,21-22H,1-4H3,(H,20,23)/t14-/m0/s1. The van der Waals surface area contributed by atoms with Crippen molar-refractivity contribution in [2.24, 2.45) is 0 Å². The van der Waals surface area contributed by atoms with Gasteiger partial charge in [0.15, 0.2) is 0 Å². The number of hydrogen-bond acceptors (Lipinski definition) is 5. The summed E-state index contributed by atoms with van der Waals surface area (Å²) in [6, 6.07) is 11.6. The molecule has 0 aliphatic rings. The molecule has 0 spiro atoms. The third kappa shape index (κ3) is 6.55. The van der Waals surface area contributed by atoms with Gasteiger partial charge in [-0.15, -0.1) is 0 Å².